The molecule has 0 bridgehead atoms. The molecule has 1 aliphatic rings. The van der Waals surface area contributed by atoms with Crippen LogP contribution < -0.4 is 10.6 Å². The molecule has 0 spiro atoms. The van der Waals surface area contributed by atoms with Gasteiger partial charge in [-0.2, -0.15) is 0 Å². The second-order valence-electron chi connectivity index (χ2n) is 4.09. The summed E-state index contributed by atoms with van der Waals surface area (Å²) < 4.78 is 0. The van der Waals surface area contributed by atoms with Crippen LogP contribution in [0.15, 0.2) is 24.3 Å². The lowest BCUT2D eigenvalue weighted by molar-refractivity contribution is 0.248. The molecular weight excluding hydrogens is 224 g/mol. The summed E-state index contributed by atoms with van der Waals surface area (Å²) in [6, 6.07) is 7.33. The summed E-state index contributed by atoms with van der Waals surface area (Å²) in [5.74, 6) is 0. The minimum absolute atomic E-state index is 0.144. The summed E-state index contributed by atoms with van der Waals surface area (Å²) in [6.07, 6.45) is 4.59. The Hall–Kier alpha value is -1.22. The number of amides is 2. The van der Waals surface area contributed by atoms with Crippen LogP contribution in [0.25, 0.3) is 0 Å². The van der Waals surface area contributed by atoms with Gasteiger partial charge in [0.1, 0.15) is 0 Å². The Morgan fingerprint density at radius 1 is 1.31 bits per heavy atom. The van der Waals surface area contributed by atoms with Gasteiger partial charge in [0.15, 0.2) is 0 Å². The van der Waals surface area contributed by atoms with E-state index in [1.54, 1.807) is 12.1 Å². The van der Waals surface area contributed by atoms with Gasteiger partial charge in [0.2, 0.25) is 0 Å². The summed E-state index contributed by atoms with van der Waals surface area (Å²) in [6.45, 7) is 0. The van der Waals surface area contributed by atoms with E-state index >= 15 is 0 Å². The van der Waals surface area contributed by atoms with Crippen molar-refractivity contribution in [2.24, 2.45) is 0 Å². The first kappa shape index (κ1) is 11.3. The number of rotatable bonds is 2. The van der Waals surface area contributed by atoms with Gasteiger partial charge in [-0.05, 0) is 31.0 Å². The van der Waals surface area contributed by atoms with E-state index in [4.69, 9.17) is 11.6 Å². The number of urea groups is 1. The molecular formula is C12H15ClN2O. The molecule has 1 aromatic carbocycles. The van der Waals surface area contributed by atoms with Gasteiger partial charge in [0.05, 0.1) is 0 Å². The topological polar surface area (TPSA) is 41.1 Å². The van der Waals surface area contributed by atoms with Gasteiger partial charge in [-0.1, -0.05) is 30.5 Å². The van der Waals surface area contributed by atoms with Crippen LogP contribution >= 0.6 is 11.6 Å². The largest absolute Gasteiger partial charge is 0.335 e. The standard InChI is InChI=1S/C12H15ClN2O/c13-9-4-3-7-11(8-9)15-12(16)14-10-5-1-2-6-10/h3-4,7-8,10H,1-2,5-6H2,(H2,14,15,16). The Bertz CT molecular complexity index is 375. The van der Waals surface area contributed by atoms with Crippen LogP contribution in [0.4, 0.5) is 10.5 Å². The fourth-order valence-corrected chi connectivity index (χ4v) is 2.18. The zero-order chi connectivity index (χ0) is 11.4. The number of halogens is 1. The number of hydrogen-bond acceptors (Lipinski definition) is 1. The Labute approximate surface area is 100 Å². The molecule has 4 heteroatoms. The van der Waals surface area contributed by atoms with E-state index in [0.717, 1.165) is 18.5 Å². The third kappa shape index (κ3) is 3.14. The zero-order valence-electron chi connectivity index (χ0n) is 9.00. The zero-order valence-corrected chi connectivity index (χ0v) is 9.76. The van der Waals surface area contributed by atoms with Crippen molar-refractivity contribution in [1.82, 2.24) is 5.32 Å². The molecule has 0 saturated heterocycles. The second kappa shape index (κ2) is 5.21. The molecule has 0 unspecified atom stereocenters. The quantitative estimate of drug-likeness (QED) is 0.815. The molecule has 1 saturated carbocycles. The number of benzene rings is 1. The van der Waals surface area contributed by atoms with Crippen molar-refractivity contribution in [3.63, 3.8) is 0 Å². The molecule has 86 valence electrons. The lowest BCUT2D eigenvalue weighted by Gasteiger charge is -2.12. The van der Waals surface area contributed by atoms with Gasteiger partial charge in [-0.3, -0.25) is 0 Å². The van der Waals surface area contributed by atoms with Gasteiger partial charge >= 0.3 is 6.03 Å². The fraction of sp³-hybridized carbons (Fsp3) is 0.417. The molecule has 0 aromatic heterocycles. The molecule has 0 radical (unpaired) electrons. The first-order valence-electron chi connectivity index (χ1n) is 5.57. The van der Waals surface area contributed by atoms with Crippen molar-refractivity contribution in [3.05, 3.63) is 29.3 Å². The van der Waals surface area contributed by atoms with Crippen LogP contribution in [0.1, 0.15) is 25.7 Å². The minimum Gasteiger partial charge on any atom is -0.335 e. The fourth-order valence-electron chi connectivity index (χ4n) is 1.99. The van der Waals surface area contributed by atoms with Crippen LogP contribution in [0, 0.1) is 0 Å². The second-order valence-corrected chi connectivity index (χ2v) is 4.53. The molecule has 16 heavy (non-hydrogen) atoms. The predicted molar refractivity (Wildman–Crippen MR) is 65.9 cm³/mol. The monoisotopic (exact) mass is 238 g/mol. The van der Waals surface area contributed by atoms with Crippen LogP contribution in [-0.2, 0) is 0 Å². The molecule has 1 aliphatic carbocycles. The van der Waals surface area contributed by atoms with Gasteiger partial charge in [-0.25, -0.2) is 4.79 Å². The summed E-state index contributed by atoms with van der Waals surface area (Å²) in [5.41, 5.74) is 0.725. The predicted octanol–water partition coefficient (Wildman–Crippen LogP) is 3.40. The Morgan fingerprint density at radius 3 is 2.75 bits per heavy atom. The lowest BCUT2D eigenvalue weighted by Crippen LogP contribution is -2.36. The van der Waals surface area contributed by atoms with E-state index in [-0.39, 0.29) is 6.03 Å². The van der Waals surface area contributed by atoms with Crippen molar-refractivity contribution in [1.29, 1.82) is 0 Å². The van der Waals surface area contributed by atoms with Crippen LogP contribution in [0.5, 0.6) is 0 Å². The molecule has 3 nitrogen and oxygen atoms in total. The van der Waals surface area contributed by atoms with Crippen molar-refractivity contribution in [2.45, 2.75) is 31.7 Å². The van der Waals surface area contributed by atoms with Crippen molar-refractivity contribution in [2.75, 3.05) is 5.32 Å². The molecule has 2 rings (SSSR count). The highest BCUT2D eigenvalue weighted by molar-refractivity contribution is 6.30. The van der Waals surface area contributed by atoms with Gasteiger partial charge in [0.25, 0.3) is 0 Å². The van der Waals surface area contributed by atoms with Crippen molar-refractivity contribution >= 4 is 23.3 Å². The normalized spacial score (nSPS) is 16.1. The molecule has 1 fully saturated rings. The van der Waals surface area contributed by atoms with E-state index < -0.39 is 0 Å². The molecule has 1 aromatic rings. The number of hydrogen-bond donors (Lipinski definition) is 2. The number of anilines is 1. The first-order chi connectivity index (χ1) is 7.74. The highest BCUT2D eigenvalue weighted by Gasteiger charge is 2.16. The number of carbonyl (C=O) groups excluding carboxylic acids is 1. The molecule has 0 aliphatic heterocycles. The van der Waals surface area contributed by atoms with Gasteiger partial charge < -0.3 is 10.6 Å². The van der Waals surface area contributed by atoms with E-state index in [2.05, 4.69) is 10.6 Å². The highest BCUT2D eigenvalue weighted by atomic mass is 35.5. The SMILES string of the molecule is O=C(Nc1cccc(Cl)c1)NC1CCCC1. The van der Waals surface area contributed by atoms with Crippen molar-refractivity contribution < 1.29 is 4.79 Å². The average Bonchev–Trinajstić information content (AvgIpc) is 2.70. The number of nitrogens with one attached hydrogen (secondary N) is 2. The maximum atomic E-state index is 11.6. The summed E-state index contributed by atoms with van der Waals surface area (Å²) in [5, 5.41) is 6.35. The van der Waals surface area contributed by atoms with Gasteiger partial charge in [0, 0.05) is 16.8 Å². The average molecular weight is 239 g/mol. The number of carbonyl (C=O) groups is 1. The highest BCUT2D eigenvalue weighted by Crippen LogP contribution is 2.18. The first-order valence-corrected chi connectivity index (χ1v) is 5.95. The molecule has 0 atom stereocenters. The van der Waals surface area contributed by atoms with Crippen LogP contribution in [-0.4, -0.2) is 12.1 Å². The van der Waals surface area contributed by atoms with Crippen LogP contribution in [0.2, 0.25) is 5.02 Å². The Morgan fingerprint density at radius 2 is 2.06 bits per heavy atom. The maximum absolute atomic E-state index is 11.6. The minimum atomic E-state index is -0.144. The van der Waals surface area contributed by atoms with E-state index in [9.17, 15) is 4.79 Å². The third-order valence-corrected chi connectivity index (χ3v) is 3.01. The van der Waals surface area contributed by atoms with Gasteiger partial charge in [-0.15, -0.1) is 0 Å². The summed E-state index contributed by atoms with van der Waals surface area (Å²) in [7, 11) is 0. The van der Waals surface area contributed by atoms with E-state index in [1.165, 1.54) is 12.8 Å². The molecule has 2 amide bonds. The Balaban J connectivity index is 1.86. The summed E-state index contributed by atoms with van der Waals surface area (Å²) >= 11 is 5.83. The Kier molecular flexibility index (Phi) is 3.67. The van der Waals surface area contributed by atoms with Crippen molar-refractivity contribution in [3.8, 4) is 0 Å². The van der Waals surface area contributed by atoms with E-state index in [0.29, 0.717) is 11.1 Å². The summed E-state index contributed by atoms with van der Waals surface area (Å²) in [4.78, 5) is 11.6. The van der Waals surface area contributed by atoms with Crippen LogP contribution in [0.3, 0.4) is 0 Å². The third-order valence-electron chi connectivity index (χ3n) is 2.77. The molecule has 2 N–H and O–H groups in total. The maximum Gasteiger partial charge on any atom is 0.319 e. The lowest BCUT2D eigenvalue weighted by atomic mass is 10.2. The molecule has 0 heterocycles. The smallest absolute Gasteiger partial charge is 0.319 e. The van der Waals surface area contributed by atoms with E-state index in [1.807, 2.05) is 12.1 Å².